The molecule has 0 aliphatic heterocycles. The molecule has 0 aliphatic carbocycles. The molecule has 3 heterocycles. The van der Waals surface area contributed by atoms with Crippen LogP contribution in [0.25, 0.3) is 5.52 Å². The van der Waals surface area contributed by atoms with Crippen molar-refractivity contribution in [3.63, 3.8) is 0 Å². The van der Waals surface area contributed by atoms with Crippen LogP contribution < -0.4 is 4.74 Å². The summed E-state index contributed by atoms with van der Waals surface area (Å²) in [6, 6.07) is 9.02. The van der Waals surface area contributed by atoms with Gasteiger partial charge in [-0.05, 0) is 29.8 Å². The van der Waals surface area contributed by atoms with Crippen LogP contribution in [0.1, 0.15) is 15.9 Å². The number of carbonyl (C=O) groups excluding carboxylic acids is 1. The molecule has 3 aromatic heterocycles. The van der Waals surface area contributed by atoms with E-state index < -0.39 is 0 Å². The second kappa shape index (κ2) is 5.13. The smallest absolute Gasteiger partial charge is 0.214 e. The average Bonchev–Trinajstić information content (AvgIpc) is 2.96. The first kappa shape index (κ1) is 12.3. The number of hydrogen-bond donors (Lipinski definition) is 0. The predicted molar refractivity (Wildman–Crippen MR) is 74.0 cm³/mol. The molecule has 100 valence electrons. The first-order chi connectivity index (χ1) is 9.79. The van der Waals surface area contributed by atoms with Gasteiger partial charge in [0.15, 0.2) is 5.78 Å². The molecule has 0 aliphatic rings. The number of hydrogen-bond acceptors (Lipinski definition) is 4. The lowest BCUT2D eigenvalue weighted by Crippen LogP contribution is -2.07. The molecule has 5 nitrogen and oxygen atoms in total. The molecule has 0 amide bonds. The van der Waals surface area contributed by atoms with E-state index >= 15 is 0 Å². The Hall–Kier alpha value is -2.69. The van der Waals surface area contributed by atoms with E-state index in [1.807, 2.05) is 18.2 Å². The summed E-state index contributed by atoms with van der Waals surface area (Å²) < 4.78 is 6.84. The third kappa shape index (κ3) is 2.14. The Morgan fingerprint density at radius 3 is 2.70 bits per heavy atom. The molecule has 20 heavy (non-hydrogen) atoms. The highest BCUT2D eigenvalue weighted by Gasteiger charge is 2.14. The van der Waals surface area contributed by atoms with E-state index in [0.717, 1.165) is 11.1 Å². The number of ether oxygens (including phenoxy) is 1. The summed E-state index contributed by atoms with van der Waals surface area (Å²) in [4.78, 5) is 16.4. The summed E-state index contributed by atoms with van der Waals surface area (Å²) in [5.74, 6) is 0.648. The zero-order chi connectivity index (χ0) is 13.9. The van der Waals surface area contributed by atoms with Crippen LogP contribution in [0.5, 0.6) is 5.88 Å². The molecule has 0 bridgehead atoms. The number of Topliss-reactive ketones (excluding diaryl/α,β-unsaturated/α-hetero) is 1. The van der Waals surface area contributed by atoms with Crippen LogP contribution in [0.4, 0.5) is 0 Å². The van der Waals surface area contributed by atoms with Gasteiger partial charge < -0.3 is 4.74 Å². The topological polar surface area (TPSA) is 56.5 Å². The third-order valence-corrected chi connectivity index (χ3v) is 3.14. The fourth-order valence-corrected chi connectivity index (χ4v) is 2.17. The zero-order valence-corrected chi connectivity index (χ0v) is 11.0. The summed E-state index contributed by atoms with van der Waals surface area (Å²) in [7, 11) is 1.58. The Balaban J connectivity index is 1.98. The number of aromatic nitrogens is 3. The van der Waals surface area contributed by atoms with Crippen molar-refractivity contribution in [1.82, 2.24) is 14.6 Å². The summed E-state index contributed by atoms with van der Waals surface area (Å²) in [6.07, 6.45) is 5.37. The van der Waals surface area contributed by atoms with Crippen LogP contribution in [0, 0.1) is 0 Å². The highest BCUT2D eigenvalue weighted by molar-refractivity contribution is 6.03. The number of carbonyl (C=O) groups is 1. The summed E-state index contributed by atoms with van der Waals surface area (Å²) in [6.45, 7) is 0. The van der Waals surface area contributed by atoms with Crippen LogP contribution in [0.2, 0.25) is 0 Å². The van der Waals surface area contributed by atoms with Crippen molar-refractivity contribution in [2.45, 2.75) is 6.42 Å². The molecule has 0 unspecified atom stereocenters. The van der Waals surface area contributed by atoms with Gasteiger partial charge in [0, 0.05) is 30.4 Å². The Morgan fingerprint density at radius 2 is 1.95 bits per heavy atom. The van der Waals surface area contributed by atoms with Crippen molar-refractivity contribution in [2.24, 2.45) is 0 Å². The Kier molecular flexibility index (Phi) is 3.16. The molecule has 0 fully saturated rings. The minimum Gasteiger partial charge on any atom is -0.481 e. The van der Waals surface area contributed by atoms with Crippen molar-refractivity contribution in [2.75, 3.05) is 7.11 Å². The number of nitrogens with zero attached hydrogens (tertiary/aromatic N) is 3. The summed E-state index contributed by atoms with van der Waals surface area (Å²) in [5.41, 5.74) is 2.34. The van der Waals surface area contributed by atoms with E-state index in [1.165, 1.54) is 0 Å². The normalized spacial score (nSPS) is 10.7. The molecule has 0 radical (unpaired) electrons. The lowest BCUT2D eigenvalue weighted by molar-refractivity contribution is 0.0994. The van der Waals surface area contributed by atoms with Gasteiger partial charge in [-0.2, -0.15) is 5.10 Å². The molecular weight excluding hydrogens is 254 g/mol. The molecular formula is C15H13N3O2. The predicted octanol–water partition coefficient (Wildman–Crippen LogP) is 2.16. The van der Waals surface area contributed by atoms with Gasteiger partial charge in [-0.15, -0.1) is 0 Å². The van der Waals surface area contributed by atoms with Crippen molar-refractivity contribution in [3.8, 4) is 5.88 Å². The van der Waals surface area contributed by atoms with Gasteiger partial charge in [-0.3, -0.25) is 9.78 Å². The Morgan fingerprint density at radius 1 is 1.15 bits per heavy atom. The van der Waals surface area contributed by atoms with E-state index in [9.17, 15) is 4.79 Å². The Labute approximate surface area is 115 Å². The second-order valence-corrected chi connectivity index (χ2v) is 4.37. The lowest BCUT2D eigenvalue weighted by Gasteiger charge is -2.07. The quantitative estimate of drug-likeness (QED) is 0.680. The van der Waals surface area contributed by atoms with Gasteiger partial charge >= 0.3 is 0 Å². The molecule has 0 atom stereocenters. The molecule has 0 N–H and O–H groups in total. The first-order valence-corrected chi connectivity index (χ1v) is 6.22. The number of ketones is 1. The van der Waals surface area contributed by atoms with Crippen LogP contribution in [-0.2, 0) is 6.42 Å². The fourth-order valence-electron chi connectivity index (χ4n) is 2.17. The Bertz CT molecular complexity index is 750. The first-order valence-electron chi connectivity index (χ1n) is 6.22. The molecule has 3 aromatic rings. The maximum Gasteiger partial charge on any atom is 0.214 e. The average molecular weight is 267 g/mol. The van der Waals surface area contributed by atoms with Gasteiger partial charge in [-0.25, -0.2) is 4.52 Å². The molecule has 0 aromatic carbocycles. The van der Waals surface area contributed by atoms with Crippen LogP contribution in [-0.4, -0.2) is 27.5 Å². The van der Waals surface area contributed by atoms with Gasteiger partial charge in [0.05, 0.1) is 18.8 Å². The van der Waals surface area contributed by atoms with Crippen molar-refractivity contribution in [3.05, 3.63) is 60.0 Å². The van der Waals surface area contributed by atoms with E-state index in [0.29, 0.717) is 17.9 Å². The third-order valence-electron chi connectivity index (χ3n) is 3.14. The number of fused-ring (bicyclic) bond motifs is 1. The minimum atomic E-state index is 0.0457. The molecule has 0 saturated heterocycles. The lowest BCUT2D eigenvalue weighted by atomic mass is 10.0. The number of pyridine rings is 2. The fraction of sp³-hybridized carbons (Fsp3) is 0.133. The highest BCUT2D eigenvalue weighted by Crippen LogP contribution is 2.19. The maximum absolute atomic E-state index is 12.4. The van der Waals surface area contributed by atoms with E-state index in [-0.39, 0.29) is 5.78 Å². The van der Waals surface area contributed by atoms with Crippen molar-refractivity contribution < 1.29 is 9.53 Å². The largest absolute Gasteiger partial charge is 0.481 e. The van der Waals surface area contributed by atoms with Gasteiger partial charge in [0.2, 0.25) is 5.88 Å². The zero-order valence-electron chi connectivity index (χ0n) is 11.0. The van der Waals surface area contributed by atoms with Gasteiger partial charge in [0.25, 0.3) is 0 Å². The standard InChI is InChI=1S/C15H13N3O2/c1-20-15-3-2-12(13-6-9-17-18(13)15)14(19)10-11-4-7-16-8-5-11/h2-9H,10H2,1H3. The van der Waals surface area contributed by atoms with Crippen LogP contribution >= 0.6 is 0 Å². The molecule has 5 heteroatoms. The SMILES string of the molecule is COc1ccc(C(=O)Cc2ccncc2)c2ccnn12. The summed E-state index contributed by atoms with van der Waals surface area (Å²) >= 11 is 0. The monoisotopic (exact) mass is 267 g/mol. The highest BCUT2D eigenvalue weighted by atomic mass is 16.5. The van der Waals surface area contributed by atoms with Crippen molar-refractivity contribution in [1.29, 1.82) is 0 Å². The number of methoxy groups -OCH3 is 1. The van der Waals surface area contributed by atoms with Gasteiger partial charge in [0.1, 0.15) is 0 Å². The maximum atomic E-state index is 12.4. The van der Waals surface area contributed by atoms with E-state index in [4.69, 9.17) is 4.74 Å². The molecule has 0 spiro atoms. The minimum absolute atomic E-state index is 0.0457. The van der Waals surface area contributed by atoms with E-state index in [2.05, 4.69) is 10.1 Å². The van der Waals surface area contributed by atoms with E-state index in [1.54, 1.807) is 42.3 Å². The number of rotatable bonds is 4. The molecule has 3 rings (SSSR count). The second-order valence-electron chi connectivity index (χ2n) is 4.37. The van der Waals surface area contributed by atoms with Crippen molar-refractivity contribution >= 4 is 11.3 Å². The van der Waals surface area contributed by atoms with Crippen LogP contribution in [0.15, 0.2) is 48.9 Å². The van der Waals surface area contributed by atoms with Gasteiger partial charge in [-0.1, -0.05) is 0 Å². The molecule has 0 saturated carbocycles. The van der Waals surface area contributed by atoms with Crippen LogP contribution in [0.3, 0.4) is 0 Å². The summed E-state index contributed by atoms with van der Waals surface area (Å²) in [5, 5.41) is 4.17.